The van der Waals surface area contributed by atoms with Gasteiger partial charge in [0.1, 0.15) is 6.10 Å². The molecule has 82 valence electrons. The summed E-state index contributed by atoms with van der Waals surface area (Å²) in [5, 5.41) is 3.91. The number of rotatable bonds is 3. The largest absolute Gasteiger partial charge is 0.493 e. The van der Waals surface area contributed by atoms with Gasteiger partial charge in [-0.25, -0.2) is 0 Å². The third-order valence-corrected chi connectivity index (χ3v) is 2.67. The van der Waals surface area contributed by atoms with Crippen molar-refractivity contribution in [2.75, 3.05) is 20.2 Å². The molecule has 0 amide bonds. The van der Waals surface area contributed by atoms with Crippen molar-refractivity contribution in [1.29, 1.82) is 0 Å². The third kappa shape index (κ3) is 2.55. The molecule has 0 radical (unpaired) electrons. The van der Waals surface area contributed by atoms with Crippen LogP contribution in [-0.2, 0) is 0 Å². The van der Waals surface area contributed by atoms with Crippen molar-refractivity contribution in [3.8, 4) is 11.5 Å². The van der Waals surface area contributed by atoms with Gasteiger partial charge >= 0.3 is 0 Å². The van der Waals surface area contributed by atoms with E-state index in [1.54, 1.807) is 13.2 Å². The smallest absolute Gasteiger partial charge is 0.162 e. The molecule has 0 aliphatic carbocycles. The van der Waals surface area contributed by atoms with Gasteiger partial charge in [0, 0.05) is 17.6 Å². The van der Waals surface area contributed by atoms with Crippen LogP contribution in [0.2, 0.25) is 5.02 Å². The normalized spacial score (nSPS) is 20.3. The van der Waals surface area contributed by atoms with Crippen molar-refractivity contribution in [3.63, 3.8) is 0 Å². The maximum Gasteiger partial charge on any atom is 0.162 e. The second kappa shape index (κ2) is 4.73. The fraction of sp³-hybridized carbons (Fsp3) is 0.455. The number of hydrogen-bond acceptors (Lipinski definition) is 3. The average Bonchev–Trinajstić information content (AvgIpc) is 2.73. The number of halogens is 1. The minimum absolute atomic E-state index is 0.236. The lowest BCUT2D eigenvalue weighted by atomic mass is 10.3. The summed E-state index contributed by atoms with van der Waals surface area (Å²) in [6.07, 6.45) is 1.27. The van der Waals surface area contributed by atoms with Crippen LogP contribution in [0.15, 0.2) is 18.2 Å². The highest BCUT2D eigenvalue weighted by molar-refractivity contribution is 6.30. The van der Waals surface area contributed by atoms with Crippen LogP contribution in [0.4, 0.5) is 0 Å². The van der Waals surface area contributed by atoms with Crippen LogP contribution in [0.1, 0.15) is 6.42 Å². The van der Waals surface area contributed by atoms with Crippen LogP contribution in [0.3, 0.4) is 0 Å². The first kappa shape index (κ1) is 10.6. The van der Waals surface area contributed by atoms with Gasteiger partial charge in [0.05, 0.1) is 7.11 Å². The zero-order chi connectivity index (χ0) is 10.7. The molecule has 3 nitrogen and oxygen atoms in total. The molecule has 0 aromatic heterocycles. The molecule has 1 aliphatic heterocycles. The highest BCUT2D eigenvalue weighted by atomic mass is 35.5. The molecule has 0 spiro atoms. The molecule has 1 fully saturated rings. The van der Waals surface area contributed by atoms with Gasteiger partial charge in [-0.1, -0.05) is 11.6 Å². The topological polar surface area (TPSA) is 30.5 Å². The van der Waals surface area contributed by atoms with Gasteiger partial charge < -0.3 is 14.8 Å². The Kier molecular flexibility index (Phi) is 3.34. The van der Waals surface area contributed by atoms with E-state index in [0.29, 0.717) is 10.8 Å². The molecule has 0 saturated carbocycles. The van der Waals surface area contributed by atoms with Crippen LogP contribution in [0.5, 0.6) is 11.5 Å². The van der Waals surface area contributed by atoms with Gasteiger partial charge in [-0.3, -0.25) is 0 Å². The minimum atomic E-state index is 0.236. The molecule has 4 heteroatoms. The summed E-state index contributed by atoms with van der Waals surface area (Å²) in [7, 11) is 1.62. The lowest BCUT2D eigenvalue weighted by molar-refractivity contribution is 0.213. The molecule has 1 heterocycles. The zero-order valence-electron chi connectivity index (χ0n) is 8.63. The van der Waals surface area contributed by atoms with Gasteiger partial charge in [-0.05, 0) is 25.1 Å². The molecule has 1 atom stereocenters. The molecule has 1 aromatic rings. The first-order chi connectivity index (χ1) is 7.29. The number of methoxy groups -OCH3 is 1. The summed E-state index contributed by atoms with van der Waals surface area (Å²) in [6.45, 7) is 1.91. The van der Waals surface area contributed by atoms with E-state index in [1.807, 2.05) is 12.1 Å². The lowest BCUT2D eigenvalue weighted by Gasteiger charge is -2.15. The first-order valence-electron chi connectivity index (χ1n) is 5.00. The number of ether oxygens (including phenoxy) is 2. The van der Waals surface area contributed by atoms with Gasteiger partial charge in [-0.15, -0.1) is 0 Å². The Morgan fingerprint density at radius 1 is 1.40 bits per heavy atom. The van der Waals surface area contributed by atoms with Crippen molar-refractivity contribution in [1.82, 2.24) is 5.32 Å². The summed E-state index contributed by atoms with van der Waals surface area (Å²) in [6, 6.07) is 5.42. The maximum absolute atomic E-state index is 5.86. The van der Waals surface area contributed by atoms with Gasteiger partial charge in [0.2, 0.25) is 0 Å². The monoisotopic (exact) mass is 227 g/mol. The van der Waals surface area contributed by atoms with Crippen molar-refractivity contribution in [3.05, 3.63) is 23.2 Å². The molecule has 1 unspecified atom stereocenters. The SMILES string of the molecule is COc1cc(Cl)ccc1OC1CCNC1. The highest BCUT2D eigenvalue weighted by Gasteiger charge is 2.17. The van der Waals surface area contributed by atoms with E-state index < -0.39 is 0 Å². The van der Waals surface area contributed by atoms with E-state index in [-0.39, 0.29) is 6.10 Å². The van der Waals surface area contributed by atoms with Crippen molar-refractivity contribution >= 4 is 11.6 Å². The summed E-state index contributed by atoms with van der Waals surface area (Å²) >= 11 is 5.86. The van der Waals surface area contributed by atoms with E-state index in [4.69, 9.17) is 21.1 Å². The average molecular weight is 228 g/mol. The standard InChI is InChI=1S/C11H14ClNO2/c1-14-11-6-8(12)2-3-10(11)15-9-4-5-13-7-9/h2-3,6,9,13H,4-5,7H2,1H3. The van der Waals surface area contributed by atoms with E-state index in [0.717, 1.165) is 25.3 Å². The van der Waals surface area contributed by atoms with E-state index in [1.165, 1.54) is 0 Å². The van der Waals surface area contributed by atoms with Crippen LogP contribution in [-0.4, -0.2) is 26.3 Å². The molecule has 0 bridgehead atoms. The molecule has 1 N–H and O–H groups in total. The van der Waals surface area contributed by atoms with Crippen LogP contribution in [0, 0.1) is 0 Å². The Bertz CT molecular complexity index is 337. The Labute approximate surface area is 94.3 Å². The third-order valence-electron chi connectivity index (χ3n) is 2.43. The molecule has 2 rings (SSSR count). The Balaban J connectivity index is 2.12. The van der Waals surface area contributed by atoms with Gasteiger partial charge in [-0.2, -0.15) is 0 Å². The fourth-order valence-corrected chi connectivity index (χ4v) is 1.81. The first-order valence-corrected chi connectivity index (χ1v) is 5.38. The second-order valence-corrected chi connectivity index (χ2v) is 3.96. The van der Waals surface area contributed by atoms with Crippen LogP contribution >= 0.6 is 11.6 Å². The van der Waals surface area contributed by atoms with E-state index in [2.05, 4.69) is 5.32 Å². The summed E-state index contributed by atoms with van der Waals surface area (Å²) in [4.78, 5) is 0. The molecule has 1 saturated heterocycles. The van der Waals surface area contributed by atoms with Gasteiger partial charge in [0.25, 0.3) is 0 Å². The van der Waals surface area contributed by atoms with Crippen molar-refractivity contribution in [2.24, 2.45) is 0 Å². The summed E-state index contributed by atoms with van der Waals surface area (Å²) < 4.78 is 11.0. The molecule has 1 aromatic carbocycles. The number of benzene rings is 1. The number of nitrogens with one attached hydrogen (secondary N) is 1. The quantitative estimate of drug-likeness (QED) is 0.858. The Hall–Kier alpha value is -0.930. The van der Waals surface area contributed by atoms with Crippen LogP contribution in [0.25, 0.3) is 0 Å². The van der Waals surface area contributed by atoms with Crippen molar-refractivity contribution in [2.45, 2.75) is 12.5 Å². The highest BCUT2D eigenvalue weighted by Crippen LogP contribution is 2.31. The van der Waals surface area contributed by atoms with Crippen LogP contribution < -0.4 is 14.8 Å². The number of hydrogen-bond donors (Lipinski definition) is 1. The summed E-state index contributed by atoms with van der Waals surface area (Å²) in [5.41, 5.74) is 0. The van der Waals surface area contributed by atoms with Crippen molar-refractivity contribution < 1.29 is 9.47 Å². The second-order valence-electron chi connectivity index (χ2n) is 3.53. The predicted octanol–water partition coefficient (Wildman–Crippen LogP) is 2.09. The van der Waals surface area contributed by atoms with Gasteiger partial charge in [0.15, 0.2) is 11.5 Å². The molecular weight excluding hydrogens is 214 g/mol. The lowest BCUT2D eigenvalue weighted by Crippen LogP contribution is -2.19. The maximum atomic E-state index is 5.86. The molecule has 15 heavy (non-hydrogen) atoms. The summed E-state index contributed by atoms with van der Waals surface area (Å²) in [5.74, 6) is 1.45. The minimum Gasteiger partial charge on any atom is -0.493 e. The predicted molar refractivity (Wildman–Crippen MR) is 59.9 cm³/mol. The molecular formula is C11H14ClNO2. The zero-order valence-corrected chi connectivity index (χ0v) is 9.38. The van der Waals surface area contributed by atoms with E-state index in [9.17, 15) is 0 Å². The Morgan fingerprint density at radius 2 is 2.27 bits per heavy atom. The molecule has 1 aliphatic rings. The Morgan fingerprint density at radius 3 is 2.93 bits per heavy atom. The van der Waals surface area contributed by atoms with E-state index >= 15 is 0 Å². The fourth-order valence-electron chi connectivity index (χ4n) is 1.65.